The topological polar surface area (TPSA) is 43.0 Å². The lowest BCUT2D eigenvalue weighted by molar-refractivity contribution is 0.0211. The average Bonchev–Trinajstić information content (AvgIpc) is 2.64. The summed E-state index contributed by atoms with van der Waals surface area (Å²) in [6, 6.07) is 6.97. The first-order valence-electron chi connectivity index (χ1n) is 8.84. The van der Waals surface area contributed by atoms with Crippen molar-refractivity contribution in [2.45, 2.75) is 18.9 Å². The summed E-state index contributed by atoms with van der Waals surface area (Å²) in [7, 11) is 0. The molecule has 0 saturated carbocycles. The predicted octanol–water partition coefficient (Wildman–Crippen LogP) is 1.83. The Kier molecular flexibility index (Phi) is 4.69. The number of nitrogens with zero attached hydrogens (tertiary/aromatic N) is 1. The molecule has 1 aromatic rings. The predicted molar refractivity (Wildman–Crippen MR) is 88.2 cm³/mol. The van der Waals surface area contributed by atoms with Crippen LogP contribution < -0.4 is 14.8 Å². The molecule has 1 N–H and O–H groups in total. The van der Waals surface area contributed by atoms with Crippen LogP contribution >= 0.6 is 0 Å². The lowest BCUT2D eigenvalue weighted by Crippen LogP contribution is -2.47. The molecule has 5 heteroatoms. The quantitative estimate of drug-likeness (QED) is 0.921. The van der Waals surface area contributed by atoms with E-state index >= 15 is 0 Å². The highest BCUT2D eigenvalue weighted by atomic mass is 16.6. The van der Waals surface area contributed by atoms with Crippen LogP contribution in [0.25, 0.3) is 0 Å². The van der Waals surface area contributed by atoms with Crippen LogP contribution in [0.1, 0.15) is 24.4 Å². The SMILES string of the molecule is c1cc2c(cc1[C@@H](C1CCOCC1)N1CCNCC1)OCCO2. The molecule has 2 saturated heterocycles. The molecule has 0 unspecified atom stereocenters. The minimum Gasteiger partial charge on any atom is -0.486 e. The van der Waals surface area contributed by atoms with Crippen LogP contribution in [0.5, 0.6) is 11.5 Å². The molecule has 5 nitrogen and oxygen atoms in total. The molecule has 4 rings (SSSR count). The van der Waals surface area contributed by atoms with E-state index in [1.807, 2.05) is 0 Å². The van der Waals surface area contributed by atoms with E-state index in [0.717, 1.165) is 63.7 Å². The van der Waals surface area contributed by atoms with Crippen LogP contribution in [0.3, 0.4) is 0 Å². The van der Waals surface area contributed by atoms with Gasteiger partial charge >= 0.3 is 0 Å². The first-order chi connectivity index (χ1) is 11.4. The van der Waals surface area contributed by atoms with Gasteiger partial charge in [-0.15, -0.1) is 0 Å². The third-order valence-corrected chi connectivity index (χ3v) is 5.17. The summed E-state index contributed by atoms with van der Waals surface area (Å²) in [4.78, 5) is 2.64. The number of nitrogens with one attached hydrogen (secondary N) is 1. The Morgan fingerprint density at radius 1 is 0.957 bits per heavy atom. The fourth-order valence-corrected chi connectivity index (χ4v) is 4.02. The zero-order valence-corrected chi connectivity index (χ0v) is 13.6. The van der Waals surface area contributed by atoms with Crippen molar-refractivity contribution >= 4 is 0 Å². The van der Waals surface area contributed by atoms with Crippen LogP contribution in [-0.2, 0) is 4.74 Å². The molecule has 3 aliphatic rings. The van der Waals surface area contributed by atoms with E-state index in [1.54, 1.807) is 0 Å². The smallest absolute Gasteiger partial charge is 0.161 e. The van der Waals surface area contributed by atoms with Gasteiger partial charge in [0.2, 0.25) is 0 Å². The van der Waals surface area contributed by atoms with Crippen molar-refractivity contribution < 1.29 is 14.2 Å². The third kappa shape index (κ3) is 3.32. The summed E-state index contributed by atoms with van der Waals surface area (Å²) in [5.74, 6) is 2.44. The van der Waals surface area contributed by atoms with Gasteiger partial charge in [0.25, 0.3) is 0 Å². The molecule has 0 radical (unpaired) electrons. The number of benzene rings is 1. The number of rotatable bonds is 3. The van der Waals surface area contributed by atoms with Crippen molar-refractivity contribution in [3.8, 4) is 11.5 Å². The summed E-state index contributed by atoms with van der Waals surface area (Å²) >= 11 is 0. The second-order valence-electron chi connectivity index (χ2n) is 6.58. The zero-order chi connectivity index (χ0) is 15.5. The van der Waals surface area contributed by atoms with E-state index in [-0.39, 0.29) is 0 Å². The highest BCUT2D eigenvalue weighted by molar-refractivity contribution is 5.45. The van der Waals surface area contributed by atoms with Gasteiger partial charge in [0.05, 0.1) is 0 Å². The van der Waals surface area contributed by atoms with E-state index in [4.69, 9.17) is 14.2 Å². The lowest BCUT2D eigenvalue weighted by atomic mass is 9.85. The van der Waals surface area contributed by atoms with Gasteiger partial charge in [0, 0.05) is 45.4 Å². The standard InChI is InChI=1S/C18H26N2O3/c1-2-16-17(23-12-11-22-16)13-15(1)18(14-3-9-21-10-4-14)20-7-5-19-6-8-20/h1-2,13-14,18-19H,3-12H2/t18-/m1/s1. The van der Waals surface area contributed by atoms with Crippen molar-refractivity contribution in [1.29, 1.82) is 0 Å². The number of piperazine rings is 1. The largest absolute Gasteiger partial charge is 0.486 e. The van der Waals surface area contributed by atoms with Gasteiger partial charge in [-0.1, -0.05) is 6.07 Å². The van der Waals surface area contributed by atoms with E-state index in [9.17, 15) is 0 Å². The molecule has 3 aliphatic heterocycles. The maximum Gasteiger partial charge on any atom is 0.161 e. The van der Waals surface area contributed by atoms with Crippen LogP contribution in [0.15, 0.2) is 18.2 Å². The summed E-state index contributed by atoms with van der Waals surface area (Å²) in [5.41, 5.74) is 1.36. The minimum absolute atomic E-state index is 0.455. The molecular formula is C18H26N2O3. The normalized spacial score (nSPS) is 24.3. The van der Waals surface area contributed by atoms with Gasteiger partial charge in [-0.3, -0.25) is 4.90 Å². The lowest BCUT2D eigenvalue weighted by Gasteiger charge is -2.41. The molecular weight excluding hydrogens is 292 g/mol. The second kappa shape index (κ2) is 7.07. The Morgan fingerprint density at radius 2 is 1.70 bits per heavy atom. The number of ether oxygens (including phenoxy) is 3. The highest BCUT2D eigenvalue weighted by Crippen LogP contribution is 2.39. The van der Waals surface area contributed by atoms with Gasteiger partial charge in [0.1, 0.15) is 13.2 Å². The van der Waals surface area contributed by atoms with Crippen molar-refractivity contribution in [1.82, 2.24) is 10.2 Å². The van der Waals surface area contributed by atoms with Crippen LogP contribution in [-0.4, -0.2) is 57.5 Å². The molecule has 0 bridgehead atoms. The fourth-order valence-electron chi connectivity index (χ4n) is 4.02. The minimum atomic E-state index is 0.455. The number of hydrogen-bond donors (Lipinski definition) is 1. The molecule has 0 aliphatic carbocycles. The van der Waals surface area contributed by atoms with Crippen LogP contribution in [0.2, 0.25) is 0 Å². The summed E-state index contributed by atoms with van der Waals surface area (Å²) in [6.45, 7) is 7.43. The van der Waals surface area contributed by atoms with Crippen molar-refractivity contribution in [2.75, 3.05) is 52.6 Å². The maximum atomic E-state index is 5.81. The number of hydrogen-bond acceptors (Lipinski definition) is 5. The Balaban J connectivity index is 1.63. The highest BCUT2D eigenvalue weighted by Gasteiger charge is 2.32. The summed E-state index contributed by atoms with van der Waals surface area (Å²) < 4.78 is 17.1. The molecule has 1 aromatic carbocycles. The Bertz CT molecular complexity index is 507. The van der Waals surface area contributed by atoms with Gasteiger partial charge in [-0.25, -0.2) is 0 Å². The van der Waals surface area contributed by atoms with E-state index in [2.05, 4.69) is 28.4 Å². The van der Waals surface area contributed by atoms with Gasteiger partial charge < -0.3 is 19.5 Å². The summed E-state index contributed by atoms with van der Waals surface area (Å²) in [5, 5.41) is 3.46. The maximum absolute atomic E-state index is 5.81. The molecule has 126 valence electrons. The molecule has 0 amide bonds. The first-order valence-corrected chi connectivity index (χ1v) is 8.84. The third-order valence-electron chi connectivity index (χ3n) is 5.17. The molecule has 0 spiro atoms. The number of fused-ring (bicyclic) bond motifs is 1. The fraction of sp³-hybridized carbons (Fsp3) is 0.667. The summed E-state index contributed by atoms with van der Waals surface area (Å²) in [6.07, 6.45) is 2.28. The monoisotopic (exact) mass is 318 g/mol. The molecule has 1 atom stereocenters. The van der Waals surface area contributed by atoms with Crippen molar-refractivity contribution in [3.63, 3.8) is 0 Å². The Morgan fingerprint density at radius 3 is 2.48 bits per heavy atom. The van der Waals surface area contributed by atoms with Gasteiger partial charge in [0.15, 0.2) is 11.5 Å². The molecule has 23 heavy (non-hydrogen) atoms. The zero-order valence-electron chi connectivity index (χ0n) is 13.6. The van der Waals surface area contributed by atoms with Gasteiger partial charge in [-0.05, 0) is 36.5 Å². The molecule has 0 aromatic heterocycles. The van der Waals surface area contributed by atoms with Crippen molar-refractivity contribution in [2.24, 2.45) is 5.92 Å². The van der Waals surface area contributed by atoms with Crippen LogP contribution in [0, 0.1) is 5.92 Å². The van der Waals surface area contributed by atoms with Gasteiger partial charge in [-0.2, -0.15) is 0 Å². The second-order valence-corrected chi connectivity index (χ2v) is 6.58. The molecule has 3 heterocycles. The van der Waals surface area contributed by atoms with E-state index in [1.165, 1.54) is 5.56 Å². The van der Waals surface area contributed by atoms with Crippen molar-refractivity contribution in [3.05, 3.63) is 23.8 Å². The van der Waals surface area contributed by atoms with E-state index in [0.29, 0.717) is 25.2 Å². The Hall–Kier alpha value is -1.30. The first kappa shape index (κ1) is 15.2. The molecule has 2 fully saturated rings. The van der Waals surface area contributed by atoms with Crippen LogP contribution in [0.4, 0.5) is 0 Å². The van der Waals surface area contributed by atoms with E-state index < -0.39 is 0 Å². The average molecular weight is 318 g/mol. The Labute approximate surface area is 137 Å².